The van der Waals surface area contributed by atoms with E-state index < -0.39 is 47.5 Å². The molecule has 0 bridgehead atoms. The number of halogens is 3. The van der Waals surface area contributed by atoms with E-state index in [1.54, 1.807) is 13.8 Å². The number of hydrogen-bond donors (Lipinski definition) is 1. The first-order chi connectivity index (χ1) is 9.12. The molecule has 0 fully saturated rings. The lowest BCUT2D eigenvalue weighted by Gasteiger charge is -2.13. The van der Waals surface area contributed by atoms with E-state index in [9.17, 15) is 22.8 Å². The number of carboxylic acid groups (broad SMARTS) is 1. The Kier molecular flexibility index (Phi) is 4.69. The van der Waals surface area contributed by atoms with E-state index in [4.69, 9.17) is 9.84 Å². The van der Waals surface area contributed by atoms with Crippen LogP contribution in [0, 0.1) is 0 Å². The highest BCUT2D eigenvalue weighted by molar-refractivity contribution is 5.92. The third-order valence-electron chi connectivity index (χ3n) is 2.23. The van der Waals surface area contributed by atoms with Crippen LogP contribution in [0.3, 0.4) is 0 Å². The summed E-state index contributed by atoms with van der Waals surface area (Å²) in [5.74, 6) is -2.63. The molecule has 0 aliphatic carbocycles. The maximum atomic E-state index is 12.7. The van der Waals surface area contributed by atoms with Gasteiger partial charge in [-0.3, -0.25) is 9.78 Å². The smallest absolute Gasteiger partial charge is 0.417 e. The summed E-state index contributed by atoms with van der Waals surface area (Å²) < 4.78 is 42.9. The van der Waals surface area contributed by atoms with E-state index >= 15 is 0 Å². The van der Waals surface area contributed by atoms with Crippen LogP contribution in [-0.2, 0) is 22.1 Å². The van der Waals surface area contributed by atoms with Gasteiger partial charge in [-0.05, 0) is 19.9 Å². The zero-order chi connectivity index (χ0) is 15.5. The van der Waals surface area contributed by atoms with E-state index in [0.29, 0.717) is 6.07 Å². The topological polar surface area (TPSA) is 76.5 Å². The van der Waals surface area contributed by atoms with Crippen LogP contribution in [0.2, 0.25) is 0 Å². The summed E-state index contributed by atoms with van der Waals surface area (Å²) in [5, 5.41) is 8.91. The van der Waals surface area contributed by atoms with Crippen LogP contribution in [0.4, 0.5) is 13.2 Å². The van der Waals surface area contributed by atoms with Gasteiger partial charge < -0.3 is 9.84 Å². The number of carbonyl (C=O) groups is 2. The molecule has 1 aromatic heterocycles. The van der Waals surface area contributed by atoms with Crippen molar-refractivity contribution in [3.05, 3.63) is 29.1 Å². The Labute approximate surface area is 112 Å². The van der Waals surface area contributed by atoms with Crippen molar-refractivity contribution in [1.29, 1.82) is 0 Å². The molecule has 1 N–H and O–H groups in total. The molecule has 1 aromatic rings. The second kappa shape index (κ2) is 5.89. The third-order valence-corrected chi connectivity index (χ3v) is 2.23. The van der Waals surface area contributed by atoms with Crippen molar-refractivity contribution >= 4 is 11.9 Å². The number of nitrogens with zero attached hydrogens (tertiary/aromatic N) is 1. The highest BCUT2D eigenvalue weighted by Gasteiger charge is 2.37. The molecule has 0 aliphatic rings. The fraction of sp³-hybridized carbons (Fsp3) is 0.417. The van der Waals surface area contributed by atoms with Crippen molar-refractivity contribution in [2.45, 2.75) is 32.5 Å². The maximum Gasteiger partial charge on any atom is 0.417 e. The third kappa shape index (κ3) is 3.94. The minimum absolute atomic E-state index is 0.457. The first kappa shape index (κ1) is 15.9. The second-order valence-corrected chi connectivity index (χ2v) is 4.20. The Morgan fingerprint density at radius 1 is 1.40 bits per heavy atom. The quantitative estimate of drug-likeness (QED) is 0.861. The summed E-state index contributed by atoms with van der Waals surface area (Å²) in [7, 11) is 0. The summed E-state index contributed by atoms with van der Waals surface area (Å²) >= 11 is 0. The molecule has 110 valence electrons. The molecule has 5 nitrogen and oxygen atoms in total. The average molecular weight is 291 g/mol. The number of ether oxygens (including phenoxy) is 1. The lowest BCUT2D eigenvalue weighted by atomic mass is 10.0. The van der Waals surface area contributed by atoms with Gasteiger partial charge in [-0.2, -0.15) is 13.2 Å². The normalized spacial score (nSPS) is 11.5. The molecule has 0 aliphatic heterocycles. The van der Waals surface area contributed by atoms with Crippen LogP contribution < -0.4 is 0 Å². The van der Waals surface area contributed by atoms with Crippen LogP contribution in [0.5, 0.6) is 0 Å². The monoisotopic (exact) mass is 291 g/mol. The largest absolute Gasteiger partial charge is 0.478 e. The van der Waals surface area contributed by atoms with Crippen molar-refractivity contribution in [2.75, 3.05) is 0 Å². The van der Waals surface area contributed by atoms with Crippen LogP contribution >= 0.6 is 0 Å². The number of esters is 1. The summed E-state index contributed by atoms with van der Waals surface area (Å²) in [4.78, 5) is 26.0. The Balaban J connectivity index is 3.21. The first-order valence-electron chi connectivity index (χ1n) is 5.60. The van der Waals surface area contributed by atoms with Crippen molar-refractivity contribution in [3.8, 4) is 0 Å². The molecule has 0 radical (unpaired) electrons. The maximum absolute atomic E-state index is 12.7. The number of carbonyl (C=O) groups excluding carboxylic acids is 1. The molecule has 1 rings (SSSR count). The molecule has 0 spiro atoms. The molecule has 0 atom stereocenters. The zero-order valence-corrected chi connectivity index (χ0v) is 10.7. The lowest BCUT2D eigenvalue weighted by Crippen LogP contribution is -2.20. The number of aromatic carboxylic acids is 1. The molecule has 0 saturated heterocycles. The standard InChI is InChI=1S/C12H12F3NO4/c1-6(2)20-9(17)5-8-10(11(18)19)7(3-4-16-8)12(13,14)15/h3-4,6H,5H2,1-2H3,(H,18,19). The minimum atomic E-state index is -4.84. The van der Waals surface area contributed by atoms with E-state index in [0.717, 1.165) is 6.20 Å². The van der Waals surface area contributed by atoms with Gasteiger partial charge in [0.15, 0.2) is 0 Å². The van der Waals surface area contributed by atoms with Gasteiger partial charge in [-0.1, -0.05) is 0 Å². The fourth-order valence-corrected chi connectivity index (χ4v) is 1.56. The molecule has 20 heavy (non-hydrogen) atoms. The van der Waals surface area contributed by atoms with Gasteiger partial charge in [0.2, 0.25) is 0 Å². The van der Waals surface area contributed by atoms with Gasteiger partial charge in [0.1, 0.15) is 0 Å². The lowest BCUT2D eigenvalue weighted by molar-refractivity contribution is -0.147. The SMILES string of the molecule is CC(C)OC(=O)Cc1nccc(C(F)(F)F)c1C(=O)O. The van der Waals surface area contributed by atoms with Crippen LogP contribution in [0.15, 0.2) is 12.3 Å². The second-order valence-electron chi connectivity index (χ2n) is 4.20. The van der Waals surface area contributed by atoms with Gasteiger partial charge in [0, 0.05) is 6.20 Å². The van der Waals surface area contributed by atoms with Crippen LogP contribution in [-0.4, -0.2) is 28.1 Å². The molecule has 1 heterocycles. The predicted octanol–water partition coefficient (Wildman–Crippen LogP) is 2.29. The van der Waals surface area contributed by atoms with Crippen molar-refractivity contribution in [1.82, 2.24) is 4.98 Å². The summed E-state index contributed by atoms with van der Waals surface area (Å²) in [6.07, 6.45) is -5.12. The van der Waals surface area contributed by atoms with Crippen molar-refractivity contribution in [2.24, 2.45) is 0 Å². The Bertz CT molecular complexity index is 526. The highest BCUT2D eigenvalue weighted by atomic mass is 19.4. The zero-order valence-electron chi connectivity index (χ0n) is 10.7. The molecule has 0 saturated carbocycles. The number of hydrogen-bond acceptors (Lipinski definition) is 4. The van der Waals surface area contributed by atoms with Gasteiger partial charge in [-0.15, -0.1) is 0 Å². The van der Waals surface area contributed by atoms with Crippen molar-refractivity contribution < 1.29 is 32.6 Å². The Morgan fingerprint density at radius 3 is 2.45 bits per heavy atom. The van der Waals surface area contributed by atoms with Gasteiger partial charge in [0.25, 0.3) is 0 Å². The molecule has 0 amide bonds. The number of aromatic nitrogens is 1. The summed E-state index contributed by atoms with van der Waals surface area (Å²) in [6, 6.07) is 0.556. The summed E-state index contributed by atoms with van der Waals surface area (Å²) in [6.45, 7) is 3.13. The minimum Gasteiger partial charge on any atom is -0.478 e. The molecule has 8 heteroatoms. The Hall–Kier alpha value is -2.12. The molecule has 0 unspecified atom stereocenters. The Morgan fingerprint density at radius 2 is 2.00 bits per heavy atom. The predicted molar refractivity (Wildman–Crippen MR) is 61.1 cm³/mol. The summed E-state index contributed by atoms with van der Waals surface area (Å²) in [5.41, 5.74) is -2.84. The van der Waals surface area contributed by atoms with Gasteiger partial charge in [0.05, 0.1) is 29.3 Å². The first-order valence-corrected chi connectivity index (χ1v) is 5.60. The van der Waals surface area contributed by atoms with Crippen molar-refractivity contribution in [3.63, 3.8) is 0 Å². The number of alkyl halides is 3. The van der Waals surface area contributed by atoms with E-state index in [1.807, 2.05) is 0 Å². The fourth-order valence-electron chi connectivity index (χ4n) is 1.56. The number of pyridine rings is 1. The molecular formula is C12H12F3NO4. The molecular weight excluding hydrogens is 279 g/mol. The van der Waals surface area contributed by atoms with Crippen LogP contribution in [0.25, 0.3) is 0 Å². The van der Waals surface area contributed by atoms with Crippen LogP contribution in [0.1, 0.15) is 35.5 Å². The van der Waals surface area contributed by atoms with E-state index in [-0.39, 0.29) is 0 Å². The van der Waals surface area contributed by atoms with E-state index in [2.05, 4.69) is 4.98 Å². The number of carboxylic acids is 1. The van der Waals surface area contributed by atoms with E-state index in [1.165, 1.54) is 0 Å². The average Bonchev–Trinajstić information content (AvgIpc) is 2.25. The molecule has 0 aromatic carbocycles. The van der Waals surface area contributed by atoms with Gasteiger partial charge >= 0.3 is 18.1 Å². The number of rotatable bonds is 4. The highest BCUT2D eigenvalue weighted by Crippen LogP contribution is 2.32. The van der Waals surface area contributed by atoms with Gasteiger partial charge in [-0.25, -0.2) is 4.79 Å².